The minimum Gasteiger partial charge on any atom is -0.495 e. The van der Waals surface area contributed by atoms with Gasteiger partial charge in [0.2, 0.25) is 10.0 Å². The Morgan fingerprint density at radius 1 is 1.38 bits per heavy atom. The first-order valence-corrected chi connectivity index (χ1v) is 8.74. The van der Waals surface area contributed by atoms with Crippen molar-refractivity contribution in [1.82, 2.24) is 9.62 Å². The first kappa shape index (κ1) is 18.8. The molecule has 1 saturated heterocycles. The third kappa shape index (κ3) is 3.30. The number of hydrogen-bond acceptors (Lipinski definition) is 6. The van der Waals surface area contributed by atoms with Gasteiger partial charge in [0.25, 0.3) is 5.91 Å². The first-order chi connectivity index (χ1) is 10.9. The van der Waals surface area contributed by atoms with Gasteiger partial charge in [-0.25, -0.2) is 8.42 Å². The van der Waals surface area contributed by atoms with Crippen LogP contribution in [0, 0.1) is 0 Å². The number of fused-ring (bicyclic) bond motifs is 1. The zero-order valence-electron chi connectivity index (χ0n) is 13.4. The predicted octanol–water partition coefficient (Wildman–Crippen LogP) is 0.430. The summed E-state index contributed by atoms with van der Waals surface area (Å²) < 4.78 is 38.0. The van der Waals surface area contributed by atoms with E-state index in [1.807, 2.05) is 6.92 Å². The van der Waals surface area contributed by atoms with Crippen LogP contribution in [0.3, 0.4) is 0 Å². The SMILES string of the molecule is COc1cc2c(cc1S(=O)(=O)N1CCNCC1C)OCC(=O)N2.Cl. The number of nitrogens with one attached hydrogen (secondary N) is 2. The van der Waals surface area contributed by atoms with Crippen LogP contribution in [-0.4, -0.2) is 58.0 Å². The smallest absolute Gasteiger partial charge is 0.262 e. The summed E-state index contributed by atoms with van der Waals surface area (Å²) in [5.41, 5.74) is 0.408. The van der Waals surface area contributed by atoms with Crippen LogP contribution in [0.5, 0.6) is 11.5 Å². The molecule has 3 rings (SSSR count). The normalized spacial score (nSPS) is 21.1. The quantitative estimate of drug-likeness (QED) is 0.793. The van der Waals surface area contributed by atoms with Crippen molar-refractivity contribution in [1.29, 1.82) is 0 Å². The number of carbonyl (C=O) groups excluding carboxylic acids is 1. The number of nitrogens with zero attached hydrogens (tertiary/aromatic N) is 1. The highest BCUT2D eigenvalue weighted by Gasteiger charge is 2.34. The molecule has 0 bridgehead atoms. The van der Waals surface area contributed by atoms with Crippen molar-refractivity contribution in [2.75, 3.05) is 38.7 Å². The van der Waals surface area contributed by atoms with E-state index in [1.165, 1.54) is 23.5 Å². The lowest BCUT2D eigenvalue weighted by atomic mass is 10.2. The van der Waals surface area contributed by atoms with Crippen LogP contribution < -0.4 is 20.1 Å². The highest BCUT2D eigenvalue weighted by Crippen LogP contribution is 2.38. The second-order valence-corrected chi connectivity index (χ2v) is 7.36. The fourth-order valence-electron chi connectivity index (χ4n) is 2.75. The van der Waals surface area contributed by atoms with Gasteiger partial charge in [0, 0.05) is 37.8 Å². The molecule has 1 fully saturated rings. The summed E-state index contributed by atoms with van der Waals surface area (Å²) in [6, 6.07) is 2.74. The van der Waals surface area contributed by atoms with E-state index in [-0.39, 0.29) is 41.6 Å². The molecule has 0 spiro atoms. The number of methoxy groups -OCH3 is 1. The average Bonchev–Trinajstić information content (AvgIpc) is 2.53. The molecule has 0 saturated carbocycles. The molecule has 0 aromatic heterocycles. The molecule has 1 amide bonds. The van der Waals surface area contributed by atoms with Crippen molar-refractivity contribution in [2.45, 2.75) is 17.9 Å². The zero-order chi connectivity index (χ0) is 16.6. The van der Waals surface area contributed by atoms with Gasteiger partial charge < -0.3 is 20.1 Å². The highest BCUT2D eigenvalue weighted by atomic mass is 35.5. The van der Waals surface area contributed by atoms with E-state index in [2.05, 4.69) is 10.6 Å². The van der Waals surface area contributed by atoms with Gasteiger partial charge in [-0.2, -0.15) is 4.31 Å². The molecule has 0 radical (unpaired) electrons. The van der Waals surface area contributed by atoms with Crippen LogP contribution in [-0.2, 0) is 14.8 Å². The standard InChI is InChI=1S/C14H19N3O5S.ClH/c1-9-7-15-3-4-17(9)23(19,20)13-6-11-10(5-12(13)21-2)16-14(18)8-22-11;/h5-6,9,15H,3-4,7-8H2,1-2H3,(H,16,18);1H. The molecule has 1 aromatic rings. The molecule has 134 valence electrons. The second-order valence-electron chi connectivity index (χ2n) is 5.50. The molecule has 2 aliphatic rings. The number of ether oxygens (including phenoxy) is 2. The number of amides is 1. The third-order valence-electron chi connectivity index (χ3n) is 3.93. The molecule has 2 heterocycles. The van der Waals surface area contributed by atoms with Crippen molar-refractivity contribution < 1.29 is 22.7 Å². The van der Waals surface area contributed by atoms with E-state index in [0.717, 1.165) is 0 Å². The monoisotopic (exact) mass is 377 g/mol. The Labute approximate surface area is 147 Å². The zero-order valence-corrected chi connectivity index (χ0v) is 15.0. The molecule has 8 nitrogen and oxygen atoms in total. The summed E-state index contributed by atoms with van der Waals surface area (Å²) in [6.07, 6.45) is 0. The minimum absolute atomic E-state index is 0. The van der Waals surface area contributed by atoms with Gasteiger partial charge in [-0.15, -0.1) is 12.4 Å². The van der Waals surface area contributed by atoms with Crippen LogP contribution in [0.1, 0.15) is 6.92 Å². The molecule has 2 aliphatic heterocycles. The van der Waals surface area contributed by atoms with Crippen LogP contribution in [0.4, 0.5) is 5.69 Å². The molecule has 1 atom stereocenters. The lowest BCUT2D eigenvalue weighted by Gasteiger charge is -2.33. The number of piperazine rings is 1. The molecular weight excluding hydrogens is 358 g/mol. The summed E-state index contributed by atoms with van der Waals surface area (Å²) in [7, 11) is -2.33. The summed E-state index contributed by atoms with van der Waals surface area (Å²) in [5.74, 6) is 0.220. The van der Waals surface area contributed by atoms with Crippen molar-refractivity contribution in [2.24, 2.45) is 0 Å². The largest absolute Gasteiger partial charge is 0.495 e. The topological polar surface area (TPSA) is 97.0 Å². The maximum atomic E-state index is 13.0. The third-order valence-corrected chi connectivity index (χ3v) is 5.96. The fraction of sp³-hybridized carbons (Fsp3) is 0.500. The molecule has 1 unspecified atom stereocenters. The number of anilines is 1. The Hall–Kier alpha value is -1.55. The summed E-state index contributed by atoms with van der Waals surface area (Å²) in [4.78, 5) is 11.4. The Balaban J connectivity index is 0.00000208. The first-order valence-electron chi connectivity index (χ1n) is 7.30. The summed E-state index contributed by atoms with van der Waals surface area (Å²) >= 11 is 0. The Kier molecular flexibility index (Phi) is 5.59. The van der Waals surface area contributed by atoms with E-state index < -0.39 is 10.0 Å². The van der Waals surface area contributed by atoms with Crippen LogP contribution in [0.2, 0.25) is 0 Å². The Morgan fingerprint density at radius 2 is 2.12 bits per heavy atom. The van der Waals surface area contributed by atoms with Crippen molar-refractivity contribution in [3.05, 3.63) is 12.1 Å². The molecule has 10 heteroatoms. The minimum atomic E-state index is -3.73. The Bertz CT molecular complexity index is 740. The van der Waals surface area contributed by atoms with E-state index in [0.29, 0.717) is 31.1 Å². The second kappa shape index (κ2) is 7.14. The van der Waals surface area contributed by atoms with E-state index in [4.69, 9.17) is 9.47 Å². The van der Waals surface area contributed by atoms with Crippen molar-refractivity contribution in [3.8, 4) is 11.5 Å². The number of sulfonamides is 1. The van der Waals surface area contributed by atoms with E-state index >= 15 is 0 Å². The average molecular weight is 378 g/mol. The molecule has 1 aromatic carbocycles. The van der Waals surface area contributed by atoms with Gasteiger partial charge in [-0.1, -0.05) is 0 Å². The highest BCUT2D eigenvalue weighted by molar-refractivity contribution is 7.89. The van der Waals surface area contributed by atoms with Gasteiger partial charge in [0.05, 0.1) is 12.8 Å². The molecule has 24 heavy (non-hydrogen) atoms. The number of carbonyl (C=O) groups is 1. The molecule has 2 N–H and O–H groups in total. The van der Waals surface area contributed by atoms with Crippen LogP contribution >= 0.6 is 12.4 Å². The van der Waals surface area contributed by atoms with E-state index in [9.17, 15) is 13.2 Å². The van der Waals surface area contributed by atoms with Gasteiger partial charge in [-0.05, 0) is 6.92 Å². The predicted molar refractivity (Wildman–Crippen MR) is 90.6 cm³/mol. The fourth-order valence-corrected chi connectivity index (χ4v) is 4.54. The summed E-state index contributed by atoms with van der Waals surface area (Å²) in [6.45, 7) is 3.30. The number of rotatable bonds is 3. The van der Waals surface area contributed by atoms with Gasteiger partial charge in [-0.3, -0.25) is 4.79 Å². The Morgan fingerprint density at radius 3 is 2.79 bits per heavy atom. The van der Waals surface area contributed by atoms with E-state index in [1.54, 1.807) is 0 Å². The van der Waals surface area contributed by atoms with Crippen LogP contribution in [0.15, 0.2) is 17.0 Å². The van der Waals surface area contributed by atoms with Crippen LogP contribution in [0.25, 0.3) is 0 Å². The lowest BCUT2D eigenvalue weighted by Crippen LogP contribution is -2.52. The summed E-state index contributed by atoms with van der Waals surface area (Å²) in [5, 5.41) is 5.80. The lowest BCUT2D eigenvalue weighted by molar-refractivity contribution is -0.118. The number of halogens is 1. The van der Waals surface area contributed by atoms with Gasteiger partial charge >= 0.3 is 0 Å². The molecular formula is C14H20ClN3O5S. The molecule has 0 aliphatic carbocycles. The van der Waals surface area contributed by atoms with Gasteiger partial charge in [0.15, 0.2) is 6.61 Å². The maximum absolute atomic E-state index is 13.0. The van der Waals surface area contributed by atoms with Gasteiger partial charge in [0.1, 0.15) is 16.4 Å². The maximum Gasteiger partial charge on any atom is 0.262 e. The number of hydrogen-bond donors (Lipinski definition) is 2. The van der Waals surface area contributed by atoms with Crippen molar-refractivity contribution >= 4 is 34.0 Å². The van der Waals surface area contributed by atoms with Crippen molar-refractivity contribution in [3.63, 3.8) is 0 Å². The number of benzene rings is 1.